The first kappa shape index (κ1) is 27.2. The first-order chi connectivity index (χ1) is 19.5. The zero-order valence-electron chi connectivity index (χ0n) is 22.9. The average molecular weight is 565 g/mol. The molecule has 0 radical (unpaired) electrons. The normalized spacial score (nSPS) is 16.6. The molecule has 2 N–H and O–H groups in total. The Bertz CT molecular complexity index is 1610. The Balaban J connectivity index is 1.52. The highest BCUT2D eigenvalue weighted by molar-refractivity contribution is 5.92. The van der Waals surface area contributed by atoms with E-state index in [1.165, 1.54) is 18.6 Å². The van der Waals surface area contributed by atoms with Gasteiger partial charge in [-0.1, -0.05) is 32.4 Å². The molecular formula is C30H31F3N6O2. The molecule has 3 heterocycles. The second-order valence-corrected chi connectivity index (χ2v) is 11.6. The average Bonchev–Trinajstić information content (AvgIpc) is 3.53. The van der Waals surface area contributed by atoms with Crippen molar-refractivity contribution in [1.29, 1.82) is 0 Å². The van der Waals surface area contributed by atoms with Gasteiger partial charge in [0.1, 0.15) is 11.2 Å². The Morgan fingerprint density at radius 3 is 2.41 bits per heavy atom. The Kier molecular flexibility index (Phi) is 6.70. The summed E-state index contributed by atoms with van der Waals surface area (Å²) in [5.41, 5.74) is 2.08. The van der Waals surface area contributed by atoms with Gasteiger partial charge >= 0.3 is 12.1 Å². The molecule has 0 spiro atoms. The van der Waals surface area contributed by atoms with Gasteiger partial charge in [-0.15, -0.1) is 0 Å². The number of aromatic nitrogens is 5. The lowest BCUT2D eigenvalue weighted by molar-refractivity contribution is -0.137. The summed E-state index contributed by atoms with van der Waals surface area (Å²) in [5.74, 6) is 0.0915. The molecule has 4 aromatic rings. The maximum absolute atomic E-state index is 13.2. The van der Waals surface area contributed by atoms with Crippen molar-refractivity contribution in [2.24, 2.45) is 11.8 Å². The van der Waals surface area contributed by atoms with Gasteiger partial charge < -0.3 is 15.0 Å². The number of pyridine rings is 1. The molecule has 1 aromatic carbocycles. The van der Waals surface area contributed by atoms with Crippen molar-refractivity contribution in [3.8, 4) is 11.5 Å². The molecule has 2 aliphatic rings. The molecule has 0 saturated heterocycles. The maximum Gasteiger partial charge on any atom is 0.416 e. The van der Waals surface area contributed by atoms with Crippen molar-refractivity contribution in [3.63, 3.8) is 0 Å². The number of nitrogens with zero attached hydrogens (tertiary/aromatic N) is 5. The topological polar surface area (TPSA) is 106 Å². The number of carboxylic acid groups (broad SMARTS) is 1. The van der Waals surface area contributed by atoms with E-state index in [0.717, 1.165) is 49.8 Å². The minimum Gasteiger partial charge on any atom is -0.475 e. The van der Waals surface area contributed by atoms with Gasteiger partial charge in [-0.2, -0.15) is 13.2 Å². The first-order valence-electron chi connectivity index (χ1n) is 13.9. The predicted molar refractivity (Wildman–Crippen MR) is 148 cm³/mol. The number of fused-ring (bicyclic) bond motifs is 1. The number of carbonyl (C=O) groups is 1. The van der Waals surface area contributed by atoms with Crippen LogP contribution < -0.4 is 5.32 Å². The third-order valence-electron chi connectivity index (χ3n) is 8.16. The van der Waals surface area contributed by atoms with Crippen molar-refractivity contribution in [3.05, 3.63) is 65.1 Å². The van der Waals surface area contributed by atoms with Crippen LogP contribution in [0.4, 0.5) is 19.0 Å². The summed E-state index contributed by atoms with van der Waals surface area (Å²) < 4.78 is 41.6. The van der Waals surface area contributed by atoms with Crippen molar-refractivity contribution in [1.82, 2.24) is 24.5 Å². The summed E-state index contributed by atoms with van der Waals surface area (Å²) in [7, 11) is 0. The van der Waals surface area contributed by atoms with E-state index in [1.54, 1.807) is 6.20 Å². The molecule has 3 aromatic heterocycles. The second-order valence-electron chi connectivity index (χ2n) is 11.6. The largest absolute Gasteiger partial charge is 0.475 e. The fourth-order valence-corrected chi connectivity index (χ4v) is 5.71. The molecule has 11 heteroatoms. The van der Waals surface area contributed by atoms with Crippen LogP contribution in [0.3, 0.4) is 0 Å². The number of aromatic carboxylic acids is 1. The quantitative estimate of drug-likeness (QED) is 0.236. The van der Waals surface area contributed by atoms with E-state index in [2.05, 4.69) is 34.1 Å². The molecule has 2 fully saturated rings. The molecule has 0 unspecified atom stereocenters. The van der Waals surface area contributed by atoms with Crippen LogP contribution in [0.25, 0.3) is 22.7 Å². The molecule has 2 aliphatic carbocycles. The highest BCUT2D eigenvalue weighted by atomic mass is 19.4. The van der Waals surface area contributed by atoms with Gasteiger partial charge in [-0.25, -0.2) is 19.7 Å². The zero-order chi connectivity index (χ0) is 28.9. The Labute approximate surface area is 235 Å². The lowest BCUT2D eigenvalue weighted by Gasteiger charge is -2.35. The smallest absolute Gasteiger partial charge is 0.416 e. The van der Waals surface area contributed by atoms with E-state index in [1.807, 2.05) is 16.7 Å². The number of anilines is 1. The summed E-state index contributed by atoms with van der Waals surface area (Å²) in [4.78, 5) is 30.0. The highest BCUT2D eigenvalue weighted by Crippen LogP contribution is 2.53. The summed E-state index contributed by atoms with van der Waals surface area (Å²) in [5, 5.41) is 13.4. The van der Waals surface area contributed by atoms with Gasteiger partial charge in [-0.05, 0) is 79.3 Å². The third kappa shape index (κ3) is 5.37. The van der Waals surface area contributed by atoms with Crippen LogP contribution in [0.15, 0.2) is 42.6 Å². The Hall–Kier alpha value is -4.02. The van der Waals surface area contributed by atoms with Crippen LogP contribution in [-0.4, -0.2) is 41.1 Å². The predicted octanol–water partition coefficient (Wildman–Crippen LogP) is 6.60. The maximum atomic E-state index is 13.2. The van der Waals surface area contributed by atoms with Crippen LogP contribution in [0, 0.1) is 11.8 Å². The summed E-state index contributed by atoms with van der Waals surface area (Å²) in [6.45, 7) is 4.41. The fraction of sp³-hybridized carbons (Fsp3) is 0.433. The second kappa shape index (κ2) is 10.1. The molecular weight excluding hydrogens is 533 g/mol. The number of benzene rings is 1. The number of carboxylic acids is 1. The molecule has 2 saturated carbocycles. The molecule has 0 atom stereocenters. The molecule has 0 aliphatic heterocycles. The lowest BCUT2D eigenvalue weighted by Crippen LogP contribution is -2.36. The zero-order valence-corrected chi connectivity index (χ0v) is 22.9. The van der Waals surface area contributed by atoms with Crippen LogP contribution in [0.1, 0.15) is 73.3 Å². The number of hydrogen-bond donors (Lipinski definition) is 2. The summed E-state index contributed by atoms with van der Waals surface area (Å²) in [6, 6.07) is 8.89. The van der Waals surface area contributed by atoms with Gasteiger partial charge in [0.05, 0.1) is 5.56 Å². The highest BCUT2D eigenvalue weighted by Gasteiger charge is 2.51. The van der Waals surface area contributed by atoms with E-state index >= 15 is 0 Å². The monoisotopic (exact) mass is 564 g/mol. The van der Waals surface area contributed by atoms with Gasteiger partial charge in [0.15, 0.2) is 17.3 Å². The van der Waals surface area contributed by atoms with Crippen LogP contribution >= 0.6 is 0 Å². The number of rotatable bonds is 9. The summed E-state index contributed by atoms with van der Waals surface area (Å²) >= 11 is 0. The molecule has 8 nitrogen and oxygen atoms in total. The number of alkyl halides is 3. The van der Waals surface area contributed by atoms with Gasteiger partial charge in [0.25, 0.3) is 0 Å². The molecule has 6 rings (SSSR count). The molecule has 214 valence electrons. The van der Waals surface area contributed by atoms with Crippen LogP contribution in [-0.2, 0) is 19.1 Å². The third-order valence-corrected chi connectivity index (χ3v) is 8.16. The molecule has 0 amide bonds. The van der Waals surface area contributed by atoms with Crippen molar-refractivity contribution < 1.29 is 23.1 Å². The van der Waals surface area contributed by atoms with E-state index < -0.39 is 17.7 Å². The fourth-order valence-electron chi connectivity index (χ4n) is 5.71. The molecule has 0 bridgehead atoms. The van der Waals surface area contributed by atoms with Crippen molar-refractivity contribution >= 4 is 23.0 Å². The standard InChI is InChI=1S/C30H31F3N6O2/c1-17(2)14-19-10-13-34-22(15-19)27-37-24-23(39(27)16-18-6-8-21(9-7-18)30(31,32)33)25(36-26(35-24)28(40)41)38-29(11-12-29)20-4-3-5-20/h6-10,13,15,17,20H,3-5,11-12,14,16H2,1-2H3,(H,40,41)(H,35,36,38). The van der Waals surface area contributed by atoms with Crippen LogP contribution in [0.2, 0.25) is 0 Å². The van der Waals surface area contributed by atoms with Gasteiger partial charge in [0, 0.05) is 18.3 Å². The van der Waals surface area contributed by atoms with Crippen molar-refractivity contribution in [2.75, 3.05) is 5.32 Å². The number of hydrogen-bond acceptors (Lipinski definition) is 6. The SMILES string of the molecule is CC(C)Cc1ccnc(-c2nc3nc(C(=O)O)nc(NC4(C5CCC5)CC4)c3n2Cc2ccc(C(F)(F)F)cc2)c1. The van der Waals surface area contributed by atoms with E-state index in [9.17, 15) is 23.1 Å². The van der Waals surface area contributed by atoms with E-state index in [4.69, 9.17) is 4.98 Å². The van der Waals surface area contributed by atoms with E-state index in [0.29, 0.717) is 40.3 Å². The molecule has 41 heavy (non-hydrogen) atoms. The van der Waals surface area contributed by atoms with Gasteiger partial charge in [-0.3, -0.25) is 4.98 Å². The Morgan fingerprint density at radius 2 is 1.83 bits per heavy atom. The number of imidazole rings is 1. The minimum atomic E-state index is -4.44. The van der Waals surface area contributed by atoms with E-state index in [-0.39, 0.29) is 23.6 Å². The number of nitrogens with one attached hydrogen (secondary N) is 1. The van der Waals surface area contributed by atoms with Crippen molar-refractivity contribution in [2.45, 2.75) is 70.6 Å². The lowest BCUT2D eigenvalue weighted by atomic mass is 9.78. The minimum absolute atomic E-state index is 0.144. The number of halogens is 3. The Morgan fingerprint density at radius 1 is 1.10 bits per heavy atom. The van der Waals surface area contributed by atoms with Gasteiger partial charge in [0.2, 0.25) is 5.82 Å². The van der Waals surface area contributed by atoms with Crippen LogP contribution in [0.5, 0.6) is 0 Å². The first-order valence-corrected chi connectivity index (χ1v) is 13.9. The summed E-state index contributed by atoms with van der Waals surface area (Å²) in [6.07, 6.45) is 3.40.